The van der Waals surface area contributed by atoms with Crippen LogP contribution in [-0.2, 0) is 17.1 Å². The van der Waals surface area contributed by atoms with Gasteiger partial charge in [-0.15, -0.1) is 0 Å². The molecule has 1 nitrogen and oxygen atoms in total. The second-order valence-corrected chi connectivity index (χ2v) is 1.02. The van der Waals surface area contributed by atoms with Crippen LogP contribution in [0.15, 0.2) is 37.2 Å². The predicted octanol–water partition coefficient (Wildman–Crippen LogP) is 1.68. The van der Waals surface area contributed by atoms with Crippen molar-refractivity contribution in [2.75, 3.05) is 0 Å². The summed E-state index contributed by atoms with van der Waals surface area (Å²) in [6, 6.07) is 5.72. The van der Waals surface area contributed by atoms with E-state index < -0.39 is 0 Å². The molecule has 0 aromatic carbocycles. The molecule has 1 rings (SSSR count). The average Bonchev–Trinajstić information content (AvgIpc) is 1.96. The Balaban J connectivity index is 0. The van der Waals surface area contributed by atoms with Crippen LogP contribution in [0, 0.1) is 6.58 Å². The van der Waals surface area contributed by atoms with Gasteiger partial charge < -0.3 is 6.58 Å². The van der Waals surface area contributed by atoms with Gasteiger partial charge in [0.05, 0.1) is 0 Å². The van der Waals surface area contributed by atoms with Gasteiger partial charge in [-0.1, -0.05) is 6.07 Å². The van der Waals surface area contributed by atoms with Gasteiger partial charge in [0, 0.05) is 12.4 Å². The molecule has 0 saturated carbocycles. The summed E-state index contributed by atoms with van der Waals surface area (Å²) < 4.78 is 0. The molecular weight excluding hydrogens is 162 g/mol. The molecule has 2 heteroatoms. The molecule has 0 amide bonds. The van der Waals surface area contributed by atoms with E-state index in [9.17, 15) is 0 Å². The fourth-order valence-corrected chi connectivity index (χ4v) is 0.313. The van der Waals surface area contributed by atoms with E-state index in [0.717, 1.165) is 0 Å². The molecule has 1 aromatic heterocycles. The van der Waals surface area contributed by atoms with Gasteiger partial charge in [-0.25, -0.2) is 0 Å². The normalized spacial score (nSPS) is 5.78. The zero-order valence-corrected chi connectivity index (χ0v) is 5.86. The van der Waals surface area contributed by atoms with Crippen LogP contribution in [0.2, 0.25) is 0 Å². The van der Waals surface area contributed by atoms with Crippen LogP contribution >= 0.6 is 0 Å². The number of nitrogens with zero attached hydrogens (tertiary/aromatic N) is 1. The van der Waals surface area contributed by atoms with Crippen LogP contribution in [0.1, 0.15) is 0 Å². The molecular formula is C7H8CuN. The Labute approximate surface area is 66.3 Å². The van der Waals surface area contributed by atoms with E-state index in [1.54, 1.807) is 12.4 Å². The van der Waals surface area contributed by atoms with Crippen molar-refractivity contribution in [3.8, 4) is 0 Å². The van der Waals surface area contributed by atoms with Crippen LogP contribution in [0.3, 0.4) is 0 Å². The average molecular weight is 170 g/mol. The summed E-state index contributed by atoms with van der Waals surface area (Å²) in [6.45, 7) is 7.00. The van der Waals surface area contributed by atoms with Crippen molar-refractivity contribution in [1.29, 1.82) is 0 Å². The number of aromatic nitrogens is 1. The molecule has 0 atom stereocenters. The molecule has 0 aliphatic rings. The van der Waals surface area contributed by atoms with Crippen LogP contribution in [0.25, 0.3) is 0 Å². The van der Waals surface area contributed by atoms with E-state index in [1.807, 2.05) is 18.2 Å². The van der Waals surface area contributed by atoms with Gasteiger partial charge in [-0.05, 0) is 12.1 Å². The van der Waals surface area contributed by atoms with E-state index in [1.165, 1.54) is 0 Å². The van der Waals surface area contributed by atoms with Crippen molar-refractivity contribution in [2.45, 2.75) is 0 Å². The minimum absolute atomic E-state index is 0. The summed E-state index contributed by atoms with van der Waals surface area (Å²) in [5, 5.41) is 0. The van der Waals surface area contributed by atoms with Gasteiger partial charge in [0.2, 0.25) is 0 Å². The first-order valence-electron chi connectivity index (χ1n) is 2.26. The standard InChI is InChI=1S/C5H5N.C2H3.Cu/c1-2-4-6-5-3-1;1-2;/h1-5H;1H,2H2;/q;-1;+1. The van der Waals surface area contributed by atoms with Gasteiger partial charge in [-0.2, -0.15) is 0 Å². The summed E-state index contributed by atoms with van der Waals surface area (Å²) >= 11 is 0. The first-order chi connectivity index (χ1) is 4.00. The van der Waals surface area contributed by atoms with Gasteiger partial charge >= 0.3 is 17.1 Å². The van der Waals surface area contributed by atoms with Crippen molar-refractivity contribution in [1.82, 2.24) is 4.98 Å². The molecule has 1 heterocycles. The van der Waals surface area contributed by atoms with Gasteiger partial charge in [0.15, 0.2) is 0 Å². The second-order valence-electron chi connectivity index (χ2n) is 1.02. The maximum absolute atomic E-state index is 4.25. The SMILES string of the molecule is [CH-]=C.[Cu+].c1ccncc1. The predicted molar refractivity (Wildman–Crippen MR) is 34.2 cm³/mol. The molecule has 0 fully saturated rings. The maximum atomic E-state index is 4.25. The number of rotatable bonds is 0. The Morgan fingerprint density at radius 2 is 1.44 bits per heavy atom. The van der Waals surface area contributed by atoms with E-state index in [2.05, 4.69) is 18.1 Å². The Morgan fingerprint density at radius 3 is 1.56 bits per heavy atom. The summed E-state index contributed by atoms with van der Waals surface area (Å²) in [7, 11) is 0. The second kappa shape index (κ2) is 10.4. The third kappa shape index (κ3) is 7.41. The van der Waals surface area contributed by atoms with Crippen molar-refractivity contribution in [3.63, 3.8) is 0 Å². The third-order valence-electron chi connectivity index (χ3n) is 0.566. The Morgan fingerprint density at radius 1 is 1.00 bits per heavy atom. The Bertz CT molecular complexity index is 91.8. The first-order valence-corrected chi connectivity index (χ1v) is 2.26. The fourth-order valence-electron chi connectivity index (χ4n) is 0.313. The molecule has 0 unspecified atom stereocenters. The molecule has 1 aromatic rings. The molecule has 0 spiro atoms. The minimum atomic E-state index is 0. The fraction of sp³-hybridized carbons (Fsp3) is 0. The van der Waals surface area contributed by atoms with Crippen LogP contribution < -0.4 is 0 Å². The minimum Gasteiger partial charge on any atom is -0.521 e. The number of hydrogen-bond donors (Lipinski definition) is 0. The molecule has 0 aliphatic heterocycles. The number of pyridine rings is 1. The monoisotopic (exact) mass is 169 g/mol. The summed E-state index contributed by atoms with van der Waals surface area (Å²) in [5.41, 5.74) is 0. The Hall–Kier alpha value is -0.591. The van der Waals surface area contributed by atoms with Crippen LogP contribution in [0.5, 0.6) is 0 Å². The topological polar surface area (TPSA) is 12.9 Å². The van der Waals surface area contributed by atoms with E-state index >= 15 is 0 Å². The summed E-state index contributed by atoms with van der Waals surface area (Å²) in [6.07, 6.45) is 3.50. The van der Waals surface area contributed by atoms with E-state index in [0.29, 0.717) is 0 Å². The smallest absolute Gasteiger partial charge is 0.521 e. The Kier molecular flexibility index (Phi) is 13.0. The zero-order valence-electron chi connectivity index (χ0n) is 4.92. The van der Waals surface area contributed by atoms with E-state index in [4.69, 9.17) is 0 Å². The van der Waals surface area contributed by atoms with Crippen LogP contribution in [0.4, 0.5) is 0 Å². The molecule has 0 radical (unpaired) electrons. The van der Waals surface area contributed by atoms with E-state index in [-0.39, 0.29) is 17.1 Å². The summed E-state index contributed by atoms with van der Waals surface area (Å²) in [5.74, 6) is 0. The molecule has 0 N–H and O–H groups in total. The molecule has 9 heavy (non-hydrogen) atoms. The van der Waals surface area contributed by atoms with Crippen molar-refractivity contribution in [3.05, 3.63) is 43.8 Å². The quantitative estimate of drug-likeness (QED) is 0.426. The molecule has 0 aliphatic carbocycles. The van der Waals surface area contributed by atoms with Crippen molar-refractivity contribution >= 4 is 0 Å². The van der Waals surface area contributed by atoms with Crippen LogP contribution in [-0.4, -0.2) is 4.98 Å². The maximum Gasteiger partial charge on any atom is 1.00 e. The van der Waals surface area contributed by atoms with Crippen molar-refractivity contribution < 1.29 is 17.1 Å². The summed E-state index contributed by atoms with van der Waals surface area (Å²) in [4.78, 5) is 3.78. The third-order valence-corrected chi connectivity index (χ3v) is 0.566. The van der Waals surface area contributed by atoms with Gasteiger partial charge in [0.25, 0.3) is 0 Å². The largest absolute Gasteiger partial charge is 1.00 e. The van der Waals surface area contributed by atoms with Gasteiger partial charge in [0.1, 0.15) is 0 Å². The first kappa shape index (κ1) is 11.2. The zero-order chi connectivity index (χ0) is 6.24. The molecule has 0 saturated heterocycles. The van der Waals surface area contributed by atoms with Gasteiger partial charge in [-0.3, -0.25) is 11.6 Å². The molecule has 0 bridgehead atoms. The van der Waals surface area contributed by atoms with Crippen molar-refractivity contribution in [2.24, 2.45) is 0 Å². The number of hydrogen-bond acceptors (Lipinski definition) is 1. The molecule has 52 valence electrons.